The lowest BCUT2D eigenvalue weighted by atomic mass is 10.2. The molecular weight excluding hydrogens is 383 g/mol. The molecule has 0 radical (unpaired) electrons. The van der Waals surface area contributed by atoms with Crippen LogP contribution in [0.15, 0.2) is 33.5 Å². The molecule has 0 N–H and O–H groups in total. The molecule has 3 rings (SSSR count). The molecule has 1 aromatic carbocycles. The highest BCUT2D eigenvalue weighted by atomic mass is 79.9. The normalized spacial score (nSPS) is 12.0. The first-order chi connectivity index (χ1) is 10.3. The number of ether oxygens (including phenoxy) is 1. The zero-order valence-electron chi connectivity index (χ0n) is 11.0. The van der Waals surface area contributed by atoms with Gasteiger partial charge >= 0.3 is 6.18 Å². The quantitative estimate of drug-likeness (QED) is 0.573. The summed E-state index contributed by atoms with van der Waals surface area (Å²) in [4.78, 5) is 16.8. The third kappa shape index (κ3) is 2.46. The smallest absolute Gasteiger partial charge is 0.416 e. The number of fused-ring (bicyclic) bond motifs is 2. The van der Waals surface area contributed by atoms with Crippen molar-refractivity contribution >= 4 is 37.5 Å². The molecule has 3 nitrogen and oxygen atoms in total. The van der Waals surface area contributed by atoms with Gasteiger partial charge in [0.25, 0.3) is 0 Å². The van der Waals surface area contributed by atoms with Crippen molar-refractivity contribution < 1.29 is 17.9 Å². The van der Waals surface area contributed by atoms with E-state index in [1.807, 2.05) is 0 Å². The van der Waals surface area contributed by atoms with Gasteiger partial charge in [-0.1, -0.05) is 0 Å². The maximum atomic E-state index is 12.8. The van der Waals surface area contributed by atoms with Crippen molar-refractivity contribution in [3.8, 4) is 16.3 Å². The Morgan fingerprint density at radius 2 is 2.00 bits per heavy atom. The van der Waals surface area contributed by atoms with E-state index in [1.54, 1.807) is 0 Å². The second-order valence-corrected chi connectivity index (χ2v) is 6.31. The molecule has 0 unspecified atom stereocenters. The van der Waals surface area contributed by atoms with Crippen LogP contribution >= 0.6 is 27.3 Å². The maximum absolute atomic E-state index is 12.8. The molecular formula is C14H7BrF3NO2S. The Hall–Kier alpha value is -1.67. The number of halogens is 4. The van der Waals surface area contributed by atoms with Gasteiger partial charge in [-0.2, -0.15) is 13.2 Å². The largest absolute Gasteiger partial charge is 0.493 e. The standard InChI is InChI=1S/C14H7BrF3NO2S/c1-21-9-5-8-13(11(15)12(9)20)22-10-4-6(14(16,17)18)2-3-7(10)19-8/h2-5H,1H3. The second-order valence-electron chi connectivity index (χ2n) is 4.46. The number of hydrogen-bond donors (Lipinski definition) is 0. The minimum absolute atomic E-state index is 0.130. The van der Waals surface area contributed by atoms with Gasteiger partial charge < -0.3 is 4.74 Å². The molecule has 1 aromatic rings. The fraction of sp³-hybridized carbons (Fsp3) is 0.143. The molecule has 1 aliphatic carbocycles. The molecule has 0 spiro atoms. The molecule has 0 aromatic heterocycles. The molecule has 114 valence electrons. The molecule has 1 heterocycles. The Balaban J connectivity index is 2.35. The van der Waals surface area contributed by atoms with Gasteiger partial charge in [0.1, 0.15) is 0 Å². The number of hydrogen-bond acceptors (Lipinski definition) is 4. The van der Waals surface area contributed by atoms with Crippen molar-refractivity contribution in [3.63, 3.8) is 0 Å². The summed E-state index contributed by atoms with van der Waals surface area (Å²) in [6.07, 6.45) is -4.42. The van der Waals surface area contributed by atoms with Gasteiger partial charge in [-0.05, 0) is 34.1 Å². The first kappa shape index (κ1) is 15.2. The highest BCUT2D eigenvalue weighted by Gasteiger charge is 2.31. The third-order valence-corrected chi connectivity index (χ3v) is 5.27. The molecule has 0 fully saturated rings. The fourth-order valence-corrected chi connectivity index (χ4v) is 3.67. The van der Waals surface area contributed by atoms with Gasteiger partial charge in [-0.25, -0.2) is 4.98 Å². The Kier molecular flexibility index (Phi) is 3.60. The summed E-state index contributed by atoms with van der Waals surface area (Å²) < 4.78 is 43.9. The summed E-state index contributed by atoms with van der Waals surface area (Å²) in [5.74, 6) is 0.130. The van der Waals surface area contributed by atoms with E-state index in [4.69, 9.17) is 4.74 Å². The van der Waals surface area contributed by atoms with Crippen molar-refractivity contribution in [2.45, 2.75) is 6.18 Å². The first-order valence-electron chi connectivity index (χ1n) is 5.99. The second kappa shape index (κ2) is 5.20. The van der Waals surface area contributed by atoms with Crippen LogP contribution in [0.1, 0.15) is 5.56 Å². The average molecular weight is 390 g/mol. The predicted octanol–water partition coefficient (Wildman–Crippen LogP) is 4.55. The molecule has 0 saturated heterocycles. The summed E-state index contributed by atoms with van der Waals surface area (Å²) in [6, 6.07) is 4.82. The predicted molar refractivity (Wildman–Crippen MR) is 81.8 cm³/mol. The first-order valence-corrected chi connectivity index (χ1v) is 7.60. The Morgan fingerprint density at radius 1 is 1.27 bits per heavy atom. The SMILES string of the molecule is COc1cc2nc3ccc(C(F)(F)F)cc3sc-2c(Br)c1=O. The average Bonchev–Trinajstić information content (AvgIpc) is 2.48. The molecule has 0 atom stereocenters. The van der Waals surface area contributed by atoms with Gasteiger partial charge in [0.05, 0.1) is 37.9 Å². The molecule has 8 heteroatoms. The molecule has 2 aliphatic rings. The van der Waals surface area contributed by atoms with Gasteiger partial charge in [-0.3, -0.25) is 4.79 Å². The van der Waals surface area contributed by atoms with Crippen LogP contribution in [0.25, 0.3) is 20.8 Å². The summed E-state index contributed by atoms with van der Waals surface area (Å²) in [7, 11) is 1.37. The minimum Gasteiger partial charge on any atom is -0.493 e. The number of rotatable bonds is 1. The van der Waals surface area contributed by atoms with E-state index in [1.165, 1.54) is 19.2 Å². The molecule has 0 saturated carbocycles. The van der Waals surface area contributed by atoms with E-state index in [-0.39, 0.29) is 15.7 Å². The van der Waals surface area contributed by atoms with Gasteiger partial charge in [-0.15, -0.1) is 11.3 Å². The minimum atomic E-state index is -4.42. The van der Waals surface area contributed by atoms with E-state index in [0.717, 1.165) is 23.5 Å². The monoisotopic (exact) mass is 389 g/mol. The zero-order chi connectivity index (χ0) is 16.1. The van der Waals surface area contributed by atoms with Crippen molar-refractivity contribution in [1.82, 2.24) is 4.98 Å². The number of alkyl halides is 3. The van der Waals surface area contributed by atoms with E-state index in [9.17, 15) is 18.0 Å². The van der Waals surface area contributed by atoms with E-state index in [0.29, 0.717) is 20.8 Å². The van der Waals surface area contributed by atoms with Crippen LogP contribution in [0.4, 0.5) is 13.2 Å². The number of nitrogens with zero attached hydrogens (tertiary/aromatic N) is 1. The maximum Gasteiger partial charge on any atom is 0.416 e. The number of benzene rings is 2. The lowest BCUT2D eigenvalue weighted by Gasteiger charge is -2.11. The Morgan fingerprint density at radius 3 is 2.64 bits per heavy atom. The highest BCUT2D eigenvalue weighted by Crippen LogP contribution is 2.38. The van der Waals surface area contributed by atoms with Crippen LogP contribution in [0.3, 0.4) is 0 Å². The number of methoxy groups -OCH3 is 1. The van der Waals surface area contributed by atoms with Crippen LogP contribution in [0.5, 0.6) is 5.75 Å². The van der Waals surface area contributed by atoms with E-state index < -0.39 is 11.7 Å². The molecule has 1 aliphatic heterocycles. The van der Waals surface area contributed by atoms with E-state index in [2.05, 4.69) is 20.9 Å². The lowest BCUT2D eigenvalue weighted by Crippen LogP contribution is -2.08. The molecule has 0 bridgehead atoms. The van der Waals surface area contributed by atoms with Crippen molar-refractivity contribution in [2.24, 2.45) is 0 Å². The van der Waals surface area contributed by atoms with Crippen LogP contribution in [0.2, 0.25) is 0 Å². The zero-order valence-corrected chi connectivity index (χ0v) is 13.4. The summed E-state index contributed by atoms with van der Waals surface area (Å²) in [6.45, 7) is 0. The Labute approximate surface area is 134 Å². The van der Waals surface area contributed by atoms with Crippen LogP contribution in [0, 0.1) is 0 Å². The topological polar surface area (TPSA) is 39.2 Å². The van der Waals surface area contributed by atoms with Gasteiger partial charge in [0.15, 0.2) is 5.75 Å². The van der Waals surface area contributed by atoms with Gasteiger partial charge in [0, 0.05) is 6.07 Å². The van der Waals surface area contributed by atoms with E-state index >= 15 is 0 Å². The summed E-state index contributed by atoms with van der Waals surface area (Å²) in [5, 5.41) is 0. The third-order valence-electron chi connectivity index (χ3n) is 3.08. The lowest BCUT2D eigenvalue weighted by molar-refractivity contribution is -0.137. The van der Waals surface area contributed by atoms with Crippen molar-refractivity contribution in [2.75, 3.05) is 7.11 Å². The van der Waals surface area contributed by atoms with Crippen LogP contribution < -0.4 is 10.2 Å². The number of aromatic nitrogens is 1. The van der Waals surface area contributed by atoms with Crippen molar-refractivity contribution in [1.29, 1.82) is 0 Å². The van der Waals surface area contributed by atoms with Crippen LogP contribution in [-0.4, -0.2) is 12.1 Å². The summed E-state index contributed by atoms with van der Waals surface area (Å²) >= 11 is 4.25. The summed E-state index contributed by atoms with van der Waals surface area (Å²) in [5.41, 5.74) is -0.192. The molecule has 22 heavy (non-hydrogen) atoms. The Bertz CT molecular complexity index is 907. The molecule has 0 amide bonds. The van der Waals surface area contributed by atoms with Crippen molar-refractivity contribution in [3.05, 3.63) is 44.5 Å². The van der Waals surface area contributed by atoms with Crippen LogP contribution in [-0.2, 0) is 6.18 Å². The fourth-order valence-electron chi connectivity index (χ4n) is 2.02. The van der Waals surface area contributed by atoms with Gasteiger partial charge in [0.2, 0.25) is 5.43 Å². The highest BCUT2D eigenvalue weighted by molar-refractivity contribution is 9.10.